The van der Waals surface area contributed by atoms with E-state index in [2.05, 4.69) is 15.4 Å². The minimum atomic E-state index is -3.34. The maximum Gasteiger partial charge on any atom is 0.276 e. The number of rotatable bonds is 5. The summed E-state index contributed by atoms with van der Waals surface area (Å²) in [6.45, 7) is 2.77. The molecular weight excluding hydrogens is 471 g/mol. The Kier molecular flexibility index (Phi) is 6.05. The fourth-order valence-electron chi connectivity index (χ4n) is 3.96. The van der Waals surface area contributed by atoms with Crippen molar-refractivity contribution in [3.8, 4) is 0 Å². The number of anilines is 2. The van der Waals surface area contributed by atoms with Crippen molar-refractivity contribution in [3.05, 3.63) is 57.8 Å². The van der Waals surface area contributed by atoms with Gasteiger partial charge in [-0.1, -0.05) is 18.2 Å². The van der Waals surface area contributed by atoms with Gasteiger partial charge in [0.25, 0.3) is 11.5 Å². The van der Waals surface area contributed by atoms with Gasteiger partial charge in [0.05, 0.1) is 28.5 Å². The second-order valence-corrected chi connectivity index (χ2v) is 10.8. The van der Waals surface area contributed by atoms with E-state index in [0.29, 0.717) is 18.1 Å². The predicted octanol–water partition coefficient (Wildman–Crippen LogP) is 2.99. The van der Waals surface area contributed by atoms with Crippen LogP contribution in [0.2, 0.25) is 0 Å². The van der Waals surface area contributed by atoms with E-state index in [1.54, 1.807) is 17.9 Å². The molecule has 3 heterocycles. The Bertz CT molecular complexity index is 1410. The highest BCUT2D eigenvalue weighted by molar-refractivity contribution is 7.91. The lowest BCUT2D eigenvalue weighted by atomic mass is 10.0. The number of aromatic nitrogens is 3. The lowest BCUT2D eigenvalue weighted by molar-refractivity contribution is 0.0136. The van der Waals surface area contributed by atoms with E-state index in [1.165, 1.54) is 25.4 Å². The molecule has 1 N–H and O–H groups in total. The van der Waals surface area contributed by atoms with Crippen LogP contribution >= 0.6 is 0 Å². The third kappa shape index (κ3) is 4.59. The molecule has 12 heteroatoms. The predicted molar refractivity (Wildman–Crippen MR) is 124 cm³/mol. The van der Waals surface area contributed by atoms with Gasteiger partial charge in [-0.25, -0.2) is 31.3 Å². The number of hydrogen-bond acceptors (Lipinski definition) is 7. The van der Waals surface area contributed by atoms with E-state index in [-0.39, 0.29) is 41.4 Å². The molecule has 1 aliphatic rings. The lowest BCUT2D eigenvalue weighted by Gasteiger charge is -2.28. The van der Waals surface area contributed by atoms with Gasteiger partial charge in [0.1, 0.15) is 11.6 Å². The first-order chi connectivity index (χ1) is 15.9. The Labute approximate surface area is 194 Å². The molecule has 4 rings (SSSR count). The Balaban J connectivity index is 1.74. The number of hydrogen-bond donors (Lipinski definition) is 1. The third-order valence-electron chi connectivity index (χ3n) is 5.91. The van der Waals surface area contributed by atoms with Crippen molar-refractivity contribution >= 4 is 32.2 Å². The van der Waals surface area contributed by atoms with Gasteiger partial charge in [-0.2, -0.15) is 5.10 Å². The largest absolute Gasteiger partial charge is 0.361 e. The molecule has 182 valence electrons. The molecule has 0 unspecified atom stereocenters. The Morgan fingerprint density at radius 1 is 1.18 bits per heavy atom. The van der Waals surface area contributed by atoms with Gasteiger partial charge < -0.3 is 10.2 Å². The van der Waals surface area contributed by atoms with Crippen molar-refractivity contribution in [1.29, 1.82) is 0 Å². The molecule has 8 nitrogen and oxygen atoms in total. The number of aryl methyl sites for hydroxylation is 1. The molecule has 2 aromatic heterocycles. The molecule has 1 aliphatic heterocycles. The van der Waals surface area contributed by atoms with Crippen LogP contribution in [0, 0.1) is 5.82 Å². The number of pyridine rings is 1. The third-order valence-corrected chi connectivity index (χ3v) is 7.52. The van der Waals surface area contributed by atoms with Crippen LogP contribution in [0.5, 0.6) is 0 Å². The quantitative estimate of drug-likeness (QED) is 0.581. The van der Waals surface area contributed by atoms with Crippen LogP contribution in [0.1, 0.15) is 31.0 Å². The van der Waals surface area contributed by atoms with Crippen LogP contribution in [0.15, 0.2) is 35.3 Å². The highest BCUT2D eigenvalue weighted by atomic mass is 32.2. The van der Waals surface area contributed by atoms with E-state index in [0.717, 1.165) is 10.7 Å². The Hall–Kier alpha value is -3.15. The summed E-state index contributed by atoms with van der Waals surface area (Å²) in [5, 5.41) is 7.96. The fraction of sp³-hybridized carbons (Fsp3) is 0.409. The number of benzene rings is 1. The van der Waals surface area contributed by atoms with Crippen molar-refractivity contribution in [1.82, 2.24) is 14.8 Å². The molecule has 1 saturated heterocycles. The van der Waals surface area contributed by atoms with Crippen molar-refractivity contribution < 1.29 is 21.6 Å². The average molecular weight is 496 g/mol. The summed E-state index contributed by atoms with van der Waals surface area (Å²) in [4.78, 5) is 18.7. The summed E-state index contributed by atoms with van der Waals surface area (Å²) in [5.74, 6) is -3.63. The standard InChI is InChI=1S/C22H24F3N5O3S/c1-13(14-5-4-6-17(19(14)23)22(2,24)25)27-20-15-11-18(30-7-9-34(32,33)10-8-30)26-12-16(15)21(31)29(3)28-20/h4-6,11-13H,7-10H2,1-3H3,(H,27,28)/t13-/m1/s1. The van der Waals surface area contributed by atoms with Gasteiger partial charge in [-0.15, -0.1) is 0 Å². The van der Waals surface area contributed by atoms with Gasteiger partial charge in [-0.05, 0) is 13.0 Å². The summed E-state index contributed by atoms with van der Waals surface area (Å²) < 4.78 is 67.1. The van der Waals surface area contributed by atoms with E-state index < -0.39 is 38.7 Å². The molecule has 34 heavy (non-hydrogen) atoms. The zero-order valence-corrected chi connectivity index (χ0v) is 19.7. The number of halogens is 3. The molecule has 0 amide bonds. The first kappa shape index (κ1) is 24.0. The van der Waals surface area contributed by atoms with E-state index in [9.17, 15) is 26.4 Å². The highest BCUT2D eigenvalue weighted by Gasteiger charge is 2.30. The summed E-state index contributed by atoms with van der Waals surface area (Å²) in [6, 6.07) is 4.69. The van der Waals surface area contributed by atoms with Crippen LogP contribution in [0.3, 0.4) is 0 Å². The van der Waals surface area contributed by atoms with Crippen LogP contribution in [0.25, 0.3) is 10.8 Å². The number of nitrogens with one attached hydrogen (secondary N) is 1. The first-order valence-corrected chi connectivity index (χ1v) is 12.5. The van der Waals surface area contributed by atoms with E-state index in [1.807, 2.05) is 0 Å². The van der Waals surface area contributed by atoms with Gasteiger partial charge in [-0.3, -0.25) is 4.79 Å². The van der Waals surface area contributed by atoms with Crippen LogP contribution < -0.4 is 15.8 Å². The number of sulfone groups is 1. The molecule has 1 atom stereocenters. The summed E-state index contributed by atoms with van der Waals surface area (Å²) in [5.41, 5.74) is -1.07. The lowest BCUT2D eigenvalue weighted by Crippen LogP contribution is -2.40. The van der Waals surface area contributed by atoms with E-state index in [4.69, 9.17) is 0 Å². The Morgan fingerprint density at radius 3 is 2.50 bits per heavy atom. The molecular formula is C22H24F3N5O3S. The van der Waals surface area contributed by atoms with Gasteiger partial charge >= 0.3 is 0 Å². The normalized spacial score (nSPS) is 17.1. The number of alkyl halides is 2. The first-order valence-electron chi connectivity index (χ1n) is 10.6. The maximum absolute atomic E-state index is 14.9. The SMILES string of the molecule is C[C@@H](Nc1nn(C)c(=O)c2cnc(N3CCS(=O)(=O)CC3)cc12)c1cccc(C(C)(F)F)c1F. The highest BCUT2D eigenvalue weighted by Crippen LogP contribution is 2.33. The zero-order chi connectivity index (χ0) is 24.8. The van der Waals surface area contributed by atoms with Crippen molar-refractivity contribution in [3.63, 3.8) is 0 Å². The van der Waals surface area contributed by atoms with Crippen LogP contribution in [0.4, 0.5) is 24.8 Å². The van der Waals surface area contributed by atoms with Crippen molar-refractivity contribution in [2.45, 2.75) is 25.8 Å². The smallest absolute Gasteiger partial charge is 0.276 e. The topological polar surface area (TPSA) is 97.2 Å². The molecule has 1 aromatic carbocycles. The molecule has 0 saturated carbocycles. The second kappa shape index (κ2) is 8.57. The molecule has 0 aliphatic carbocycles. The number of nitrogens with zero attached hydrogens (tertiary/aromatic N) is 4. The fourth-order valence-corrected chi connectivity index (χ4v) is 5.16. The maximum atomic E-state index is 14.9. The monoisotopic (exact) mass is 495 g/mol. The van der Waals surface area contributed by atoms with Crippen LogP contribution in [-0.2, 0) is 22.8 Å². The minimum Gasteiger partial charge on any atom is -0.361 e. The van der Waals surface area contributed by atoms with E-state index >= 15 is 0 Å². The summed E-state index contributed by atoms with van der Waals surface area (Å²) >= 11 is 0. The summed E-state index contributed by atoms with van der Waals surface area (Å²) in [7, 11) is -1.63. The minimum absolute atomic E-state index is 0.00133. The van der Waals surface area contributed by atoms with Crippen LogP contribution in [-0.4, -0.2) is 47.8 Å². The summed E-state index contributed by atoms with van der Waals surface area (Å²) in [6.07, 6.45) is 1.40. The molecule has 0 bridgehead atoms. The van der Waals surface area contributed by atoms with Crippen molar-refractivity contribution in [2.24, 2.45) is 7.05 Å². The van der Waals surface area contributed by atoms with Gasteiger partial charge in [0, 0.05) is 44.2 Å². The molecule has 0 radical (unpaired) electrons. The average Bonchev–Trinajstić information content (AvgIpc) is 2.76. The van der Waals surface area contributed by atoms with Gasteiger partial charge in [0.15, 0.2) is 15.7 Å². The number of fused-ring (bicyclic) bond motifs is 1. The molecule has 1 fully saturated rings. The van der Waals surface area contributed by atoms with Gasteiger partial charge in [0.2, 0.25) is 0 Å². The second-order valence-electron chi connectivity index (χ2n) is 8.47. The Morgan fingerprint density at radius 2 is 1.85 bits per heavy atom. The molecule has 3 aromatic rings. The molecule has 0 spiro atoms. The van der Waals surface area contributed by atoms with Crippen molar-refractivity contribution in [2.75, 3.05) is 34.8 Å². The zero-order valence-electron chi connectivity index (χ0n) is 18.8.